The van der Waals surface area contributed by atoms with Crippen LogP contribution in [0.15, 0.2) is 23.2 Å². The van der Waals surface area contributed by atoms with Crippen LogP contribution in [0.5, 0.6) is 0 Å². The molecule has 0 radical (unpaired) electrons. The molecule has 0 N–H and O–H groups in total. The Bertz CT molecular complexity index is 334. The third-order valence-corrected chi connectivity index (χ3v) is 2.72. The van der Waals surface area contributed by atoms with Crippen molar-refractivity contribution in [2.75, 3.05) is 13.6 Å². The highest BCUT2D eigenvalue weighted by Gasteiger charge is 1.95. The molecule has 1 aromatic rings. The zero-order valence-corrected chi connectivity index (χ0v) is 10.9. The van der Waals surface area contributed by atoms with E-state index in [1.807, 2.05) is 13.4 Å². The van der Waals surface area contributed by atoms with Crippen LogP contribution in [0.1, 0.15) is 12.5 Å². The van der Waals surface area contributed by atoms with Crippen LogP contribution in [-0.2, 0) is 0 Å². The third kappa shape index (κ3) is 3.29. The van der Waals surface area contributed by atoms with Crippen LogP contribution in [0.4, 0.5) is 5.69 Å². The Kier molecular flexibility index (Phi) is 4.38. The minimum Gasteiger partial charge on any atom is -0.366 e. The number of hydrogen-bond donors (Lipinski definition) is 0. The summed E-state index contributed by atoms with van der Waals surface area (Å²) < 4.78 is 1.25. The van der Waals surface area contributed by atoms with Gasteiger partial charge in [-0.05, 0) is 60.2 Å². The fraction of sp³-hybridized carbons (Fsp3) is 0.364. The molecule has 0 atom stereocenters. The summed E-state index contributed by atoms with van der Waals surface area (Å²) >= 11 is 2.31. The van der Waals surface area contributed by atoms with E-state index in [9.17, 15) is 0 Å². The van der Waals surface area contributed by atoms with E-state index in [0.29, 0.717) is 0 Å². The standard InChI is InChI=1S/C11H15IN2/c1-4-14(3)8-13-11-6-5-10(12)7-9(11)2/h5-8H,4H2,1-3H3. The Labute approximate surface area is 99.2 Å². The third-order valence-electron chi connectivity index (χ3n) is 2.05. The van der Waals surface area contributed by atoms with Crippen molar-refractivity contribution in [1.29, 1.82) is 0 Å². The molecule has 0 fully saturated rings. The van der Waals surface area contributed by atoms with Gasteiger partial charge in [0.2, 0.25) is 0 Å². The number of aryl methyl sites for hydroxylation is 1. The number of nitrogens with zero attached hydrogens (tertiary/aromatic N) is 2. The fourth-order valence-electron chi connectivity index (χ4n) is 1.01. The molecule has 0 aliphatic rings. The molecule has 1 rings (SSSR count). The SMILES string of the molecule is CCN(C)C=Nc1ccc(I)cc1C. The monoisotopic (exact) mass is 302 g/mol. The highest BCUT2D eigenvalue weighted by Crippen LogP contribution is 2.20. The minimum absolute atomic E-state index is 0.979. The van der Waals surface area contributed by atoms with Gasteiger partial charge in [0, 0.05) is 17.2 Å². The number of hydrogen-bond acceptors (Lipinski definition) is 1. The van der Waals surface area contributed by atoms with Crippen molar-refractivity contribution in [3.05, 3.63) is 27.3 Å². The Morgan fingerprint density at radius 2 is 2.21 bits per heavy atom. The van der Waals surface area contributed by atoms with Gasteiger partial charge >= 0.3 is 0 Å². The maximum absolute atomic E-state index is 4.42. The fourth-order valence-corrected chi connectivity index (χ4v) is 1.65. The first-order valence-corrected chi connectivity index (χ1v) is 5.72. The smallest absolute Gasteiger partial charge is 0.0909 e. The Morgan fingerprint density at radius 1 is 1.50 bits per heavy atom. The van der Waals surface area contributed by atoms with E-state index in [0.717, 1.165) is 12.2 Å². The molecule has 0 heterocycles. The summed E-state index contributed by atoms with van der Waals surface area (Å²) in [5.74, 6) is 0. The quantitative estimate of drug-likeness (QED) is 0.475. The van der Waals surface area contributed by atoms with Crippen LogP contribution in [0, 0.1) is 10.5 Å². The maximum Gasteiger partial charge on any atom is 0.0909 e. The molecule has 14 heavy (non-hydrogen) atoms. The molecule has 0 saturated heterocycles. The number of benzene rings is 1. The van der Waals surface area contributed by atoms with Gasteiger partial charge in [-0.15, -0.1) is 0 Å². The van der Waals surface area contributed by atoms with Crippen LogP contribution in [0.3, 0.4) is 0 Å². The lowest BCUT2D eigenvalue weighted by Gasteiger charge is -2.08. The van der Waals surface area contributed by atoms with Crippen molar-refractivity contribution < 1.29 is 0 Å². The molecule has 0 aliphatic heterocycles. The average molecular weight is 302 g/mol. The van der Waals surface area contributed by atoms with Gasteiger partial charge in [-0.1, -0.05) is 0 Å². The summed E-state index contributed by atoms with van der Waals surface area (Å²) in [5, 5.41) is 0. The van der Waals surface area contributed by atoms with Gasteiger partial charge < -0.3 is 4.90 Å². The van der Waals surface area contributed by atoms with Crippen molar-refractivity contribution in [3.8, 4) is 0 Å². The van der Waals surface area contributed by atoms with Crippen molar-refractivity contribution in [2.24, 2.45) is 4.99 Å². The highest BCUT2D eigenvalue weighted by atomic mass is 127. The summed E-state index contributed by atoms with van der Waals surface area (Å²) in [4.78, 5) is 6.47. The van der Waals surface area contributed by atoms with E-state index in [2.05, 4.69) is 64.5 Å². The average Bonchev–Trinajstić information content (AvgIpc) is 2.16. The normalized spacial score (nSPS) is 10.9. The van der Waals surface area contributed by atoms with Crippen LogP contribution in [0.2, 0.25) is 0 Å². The molecule has 0 spiro atoms. The first-order valence-electron chi connectivity index (χ1n) is 4.64. The molecule has 0 bridgehead atoms. The Hall–Kier alpha value is -0.580. The van der Waals surface area contributed by atoms with Gasteiger partial charge in [0.05, 0.1) is 12.0 Å². The molecule has 0 unspecified atom stereocenters. The van der Waals surface area contributed by atoms with Crippen molar-refractivity contribution in [2.45, 2.75) is 13.8 Å². The van der Waals surface area contributed by atoms with Crippen molar-refractivity contribution in [3.63, 3.8) is 0 Å². The van der Waals surface area contributed by atoms with Gasteiger partial charge in [-0.3, -0.25) is 0 Å². The summed E-state index contributed by atoms with van der Waals surface area (Å²) in [6, 6.07) is 6.27. The highest BCUT2D eigenvalue weighted by molar-refractivity contribution is 14.1. The lowest BCUT2D eigenvalue weighted by molar-refractivity contribution is 0.552. The largest absolute Gasteiger partial charge is 0.366 e. The zero-order valence-electron chi connectivity index (χ0n) is 8.79. The van der Waals surface area contributed by atoms with Crippen molar-refractivity contribution in [1.82, 2.24) is 4.90 Å². The molecule has 1 aromatic carbocycles. The zero-order chi connectivity index (χ0) is 10.6. The maximum atomic E-state index is 4.42. The van der Waals surface area contributed by atoms with E-state index >= 15 is 0 Å². The van der Waals surface area contributed by atoms with E-state index < -0.39 is 0 Å². The Balaban J connectivity index is 2.82. The molecule has 3 heteroatoms. The van der Waals surface area contributed by atoms with E-state index in [-0.39, 0.29) is 0 Å². The second-order valence-electron chi connectivity index (χ2n) is 3.25. The first-order chi connectivity index (χ1) is 6.63. The summed E-state index contributed by atoms with van der Waals surface area (Å²) in [6.07, 6.45) is 1.87. The van der Waals surface area contributed by atoms with Gasteiger partial charge in [-0.25, -0.2) is 4.99 Å². The summed E-state index contributed by atoms with van der Waals surface area (Å²) in [6.45, 7) is 5.17. The molecule has 0 saturated carbocycles. The lowest BCUT2D eigenvalue weighted by Crippen LogP contribution is -2.14. The number of aliphatic imine (C=N–C) groups is 1. The first kappa shape index (κ1) is 11.5. The minimum atomic E-state index is 0.979. The topological polar surface area (TPSA) is 15.6 Å². The molecule has 76 valence electrons. The number of halogens is 1. The molecule has 0 aliphatic carbocycles. The Morgan fingerprint density at radius 3 is 2.79 bits per heavy atom. The van der Waals surface area contributed by atoms with E-state index in [1.54, 1.807) is 0 Å². The van der Waals surface area contributed by atoms with Gasteiger partial charge in [-0.2, -0.15) is 0 Å². The van der Waals surface area contributed by atoms with Crippen LogP contribution >= 0.6 is 22.6 Å². The second kappa shape index (κ2) is 5.34. The van der Waals surface area contributed by atoms with Gasteiger partial charge in [0.1, 0.15) is 0 Å². The summed E-state index contributed by atoms with van der Waals surface area (Å²) in [5.41, 5.74) is 2.27. The lowest BCUT2D eigenvalue weighted by atomic mass is 10.2. The van der Waals surface area contributed by atoms with Crippen molar-refractivity contribution >= 4 is 34.6 Å². The molecule has 0 amide bonds. The molecule has 0 aromatic heterocycles. The second-order valence-corrected chi connectivity index (χ2v) is 4.49. The number of rotatable bonds is 3. The molecular weight excluding hydrogens is 287 g/mol. The van der Waals surface area contributed by atoms with Gasteiger partial charge in [0.25, 0.3) is 0 Å². The molecular formula is C11H15IN2. The van der Waals surface area contributed by atoms with E-state index in [4.69, 9.17) is 0 Å². The van der Waals surface area contributed by atoms with Gasteiger partial charge in [0.15, 0.2) is 0 Å². The molecule has 2 nitrogen and oxygen atoms in total. The van der Waals surface area contributed by atoms with Crippen LogP contribution < -0.4 is 0 Å². The predicted molar refractivity (Wildman–Crippen MR) is 70.4 cm³/mol. The van der Waals surface area contributed by atoms with Crippen LogP contribution in [0.25, 0.3) is 0 Å². The van der Waals surface area contributed by atoms with E-state index in [1.165, 1.54) is 9.13 Å². The predicted octanol–water partition coefficient (Wildman–Crippen LogP) is 3.21. The van der Waals surface area contributed by atoms with Crippen LogP contribution in [-0.4, -0.2) is 24.8 Å². The summed E-state index contributed by atoms with van der Waals surface area (Å²) in [7, 11) is 2.02.